The van der Waals surface area contributed by atoms with Crippen LogP contribution < -0.4 is 0 Å². The van der Waals surface area contributed by atoms with Crippen LogP contribution in [-0.2, 0) is 11.2 Å². The fraction of sp³-hybridized carbons (Fsp3) is 0.421. The molecule has 1 heterocycles. The van der Waals surface area contributed by atoms with Gasteiger partial charge in [-0.15, -0.1) is 23.5 Å². The minimum Gasteiger partial charge on any atom is -0.508 e. The van der Waals surface area contributed by atoms with E-state index in [0.29, 0.717) is 5.75 Å². The minimum absolute atomic E-state index is 0.0816. The van der Waals surface area contributed by atoms with Gasteiger partial charge in [0.2, 0.25) is 0 Å². The van der Waals surface area contributed by atoms with Gasteiger partial charge in [0.05, 0.1) is 4.08 Å². The van der Waals surface area contributed by atoms with E-state index in [1.165, 1.54) is 23.5 Å². The zero-order valence-electron chi connectivity index (χ0n) is 13.5. The Morgan fingerprint density at radius 2 is 1.91 bits per heavy atom. The Balaban J connectivity index is 1.94. The first-order valence-corrected chi connectivity index (χ1v) is 9.96. The van der Waals surface area contributed by atoms with Crippen molar-refractivity contribution in [3.63, 3.8) is 0 Å². The van der Waals surface area contributed by atoms with Gasteiger partial charge in [-0.2, -0.15) is 0 Å². The van der Waals surface area contributed by atoms with Crippen LogP contribution in [0.25, 0.3) is 0 Å². The molecule has 0 saturated carbocycles. The van der Waals surface area contributed by atoms with Crippen LogP contribution >= 0.6 is 23.5 Å². The Labute approximate surface area is 147 Å². The van der Waals surface area contributed by atoms with Gasteiger partial charge in [0.1, 0.15) is 5.75 Å². The van der Waals surface area contributed by atoms with Crippen LogP contribution in [0.2, 0.25) is 0 Å². The second-order valence-electron chi connectivity index (χ2n) is 5.73. The highest BCUT2D eigenvalue weighted by Gasteiger charge is 2.32. The quantitative estimate of drug-likeness (QED) is 0.557. The summed E-state index contributed by atoms with van der Waals surface area (Å²) < 4.78 is 0.233. The molecule has 1 aromatic carbocycles. The van der Waals surface area contributed by atoms with E-state index >= 15 is 0 Å². The van der Waals surface area contributed by atoms with Gasteiger partial charge in [0, 0.05) is 0 Å². The smallest absolute Gasteiger partial charge is 0.152 e. The number of benzene rings is 1. The van der Waals surface area contributed by atoms with E-state index in [2.05, 4.69) is 29.6 Å². The number of carbonyl (C=O) groups is 1. The standard InChI is InChI=1S/C19H24O2S2/c1-16(20)6-3-2-4-12-19(22-14-5-15-23-19)13-11-17-7-9-18(21)10-8-17/h2-4,6-10,21H,5,11-15H2,1H3/b4-2+,6-3+. The van der Waals surface area contributed by atoms with Crippen molar-refractivity contribution in [2.24, 2.45) is 0 Å². The molecule has 0 aromatic heterocycles. The van der Waals surface area contributed by atoms with E-state index in [-0.39, 0.29) is 9.86 Å². The molecule has 0 bridgehead atoms. The van der Waals surface area contributed by atoms with Gasteiger partial charge < -0.3 is 5.11 Å². The maximum atomic E-state index is 10.9. The lowest BCUT2D eigenvalue weighted by molar-refractivity contribution is -0.112. The molecule has 0 spiro atoms. The van der Waals surface area contributed by atoms with E-state index in [1.54, 1.807) is 25.1 Å². The van der Waals surface area contributed by atoms with Crippen molar-refractivity contribution in [1.29, 1.82) is 0 Å². The van der Waals surface area contributed by atoms with E-state index in [9.17, 15) is 9.90 Å². The lowest BCUT2D eigenvalue weighted by Crippen LogP contribution is -2.25. The van der Waals surface area contributed by atoms with Gasteiger partial charge in [-0.25, -0.2) is 0 Å². The predicted molar refractivity (Wildman–Crippen MR) is 102 cm³/mol. The third-order valence-electron chi connectivity index (χ3n) is 3.76. The molecule has 0 atom stereocenters. The van der Waals surface area contributed by atoms with Crippen molar-refractivity contribution in [2.75, 3.05) is 11.5 Å². The molecule has 0 amide bonds. The summed E-state index contributed by atoms with van der Waals surface area (Å²) in [5.41, 5.74) is 1.27. The number of hydrogen-bond donors (Lipinski definition) is 1. The second kappa shape index (κ2) is 9.24. The van der Waals surface area contributed by atoms with Crippen LogP contribution in [0.15, 0.2) is 48.6 Å². The van der Waals surface area contributed by atoms with Crippen molar-refractivity contribution < 1.29 is 9.90 Å². The van der Waals surface area contributed by atoms with Crippen LogP contribution in [0.5, 0.6) is 5.75 Å². The molecule has 4 heteroatoms. The highest BCUT2D eigenvalue weighted by molar-refractivity contribution is 8.18. The van der Waals surface area contributed by atoms with Crippen LogP contribution in [0, 0.1) is 0 Å². The Morgan fingerprint density at radius 3 is 2.57 bits per heavy atom. The fourth-order valence-electron chi connectivity index (χ4n) is 2.50. The Morgan fingerprint density at radius 1 is 1.22 bits per heavy atom. The third kappa shape index (κ3) is 6.48. The number of carbonyl (C=O) groups excluding carboxylic acids is 1. The number of phenolic OH excluding ortho intramolecular Hbond substituents is 1. The lowest BCUT2D eigenvalue weighted by atomic mass is 10.1. The van der Waals surface area contributed by atoms with Gasteiger partial charge in [-0.1, -0.05) is 30.4 Å². The topological polar surface area (TPSA) is 37.3 Å². The zero-order valence-corrected chi connectivity index (χ0v) is 15.2. The Bertz CT molecular complexity index is 555. The molecule has 1 aromatic rings. The molecule has 0 radical (unpaired) electrons. The summed E-state index contributed by atoms with van der Waals surface area (Å²) in [6, 6.07) is 7.53. The number of thioether (sulfide) groups is 2. The van der Waals surface area contributed by atoms with Gasteiger partial charge in [0.25, 0.3) is 0 Å². The first-order chi connectivity index (χ1) is 11.1. The summed E-state index contributed by atoms with van der Waals surface area (Å²) in [4.78, 5) is 10.9. The molecule has 1 aliphatic rings. The maximum Gasteiger partial charge on any atom is 0.152 e. The predicted octanol–water partition coefficient (Wildman–Crippen LogP) is 4.98. The molecule has 0 aliphatic carbocycles. The number of aromatic hydroxyl groups is 1. The molecule has 1 aliphatic heterocycles. The summed E-state index contributed by atoms with van der Waals surface area (Å²) in [5, 5.41) is 9.38. The first kappa shape index (κ1) is 18.2. The number of hydrogen-bond acceptors (Lipinski definition) is 4. The van der Waals surface area contributed by atoms with Crippen molar-refractivity contribution in [3.8, 4) is 5.75 Å². The summed E-state index contributed by atoms with van der Waals surface area (Å²) in [7, 11) is 0. The Hall–Kier alpha value is -1.13. The molecule has 1 saturated heterocycles. The largest absolute Gasteiger partial charge is 0.508 e. The number of rotatable bonds is 7. The van der Waals surface area contributed by atoms with E-state index < -0.39 is 0 Å². The second-order valence-corrected chi connectivity index (χ2v) is 8.94. The van der Waals surface area contributed by atoms with Crippen molar-refractivity contribution in [2.45, 2.75) is 36.7 Å². The molecular weight excluding hydrogens is 324 g/mol. The summed E-state index contributed by atoms with van der Waals surface area (Å²) >= 11 is 4.14. The molecule has 1 N–H and O–H groups in total. The van der Waals surface area contributed by atoms with Gasteiger partial charge in [-0.05, 0) is 67.9 Å². The monoisotopic (exact) mass is 348 g/mol. The van der Waals surface area contributed by atoms with Crippen molar-refractivity contribution >= 4 is 29.3 Å². The van der Waals surface area contributed by atoms with E-state index in [0.717, 1.165) is 19.3 Å². The van der Waals surface area contributed by atoms with Gasteiger partial charge in [0.15, 0.2) is 5.78 Å². The molecule has 23 heavy (non-hydrogen) atoms. The average molecular weight is 349 g/mol. The average Bonchev–Trinajstić information content (AvgIpc) is 2.55. The number of aryl methyl sites for hydroxylation is 1. The lowest BCUT2D eigenvalue weighted by Gasteiger charge is -2.35. The molecular formula is C19H24O2S2. The van der Waals surface area contributed by atoms with Gasteiger partial charge in [-0.3, -0.25) is 4.79 Å². The van der Waals surface area contributed by atoms with Crippen LogP contribution in [0.4, 0.5) is 0 Å². The molecule has 0 unspecified atom stereocenters. The minimum atomic E-state index is 0.0816. The zero-order chi connectivity index (χ0) is 16.5. The van der Waals surface area contributed by atoms with Crippen LogP contribution in [0.1, 0.15) is 31.7 Å². The normalized spacial score (nSPS) is 17.8. The van der Waals surface area contributed by atoms with E-state index in [4.69, 9.17) is 0 Å². The summed E-state index contributed by atoms with van der Waals surface area (Å²) in [6.07, 6.45) is 12.0. The van der Waals surface area contributed by atoms with Crippen molar-refractivity contribution in [3.05, 3.63) is 54.1 Å². The molecule has 1 fully saturated rings. The molecule has 2 rings (SSSR count). The molecule has 2 nitrogen and oxygen atoms in total. The number of phenols is 1. The number of allylic oxidation sites excluding steroid dienone is 4. The SMILES string of the molecule is CC(=O)/C=C/C=C/CC1(CCc2ccc(O)cc2)SCCCS1. The maximum absolute atomic E-state index is 10.9. The van der Waals surface area contributed by atoms with Gasteiger partial charge >= 0.3 is 0 Å². The third-order valence-corrected chi connectivity index (χ3v) is 7.24. The van der Waals surface area contributed by atoms with Crippen LogP contribution in [0.3, 0.4) is 0 Å². The first-order valence-electron chi connectivity index (χ1n) is 7.99. The number of ketones is 1. The highest BCUT2D eigenvalue weighted by atomic mass is 32.2. The van der Waals surface area contributed by atoms with Crippen molar-refractivity contribution in [1.82, 2.24) is 0 Å². The highest BCUT2D eigenvalue weighted by Crippen LogP contribution is 2.48. The summed E-state index contributed by atoms with van der Waals surface area (Å²) in [5.74, 6) is 2.85. The van der Waals surface area contributed by atoms with Crippen LogP contribution in [-0.4, -0.2) is 26.5 Å². The summed E-state index contributed by atoms with van der Waals surface area (Å²) in [6.45, 7) is 1.57. The Kier molecular flexibility index (Phi) is 7.31. The fourth-order valence-corrected chi connectivity index (χ4v) is 5.75. The van der Waals surface area contributed by atoms with E-state index in [1.807, 2.05) is 24.3 Å². The molecule has 124 valence electrons.